The molecule has 200 valence electrons. The van der Waals surface area contributed by atoms with E-state index in [0.29, 0.717) is 40.2 Å². The SMILES string of the molecule is CCc1nc(C2CC2)c(C(N)=O)n1Cc1c2ccocc-2c(Cl)c1-c1ccccc1NS(=O)(=O)C(F)(F)F. The fraction of sp³-hybridized carbons (Fsp3) is 0.280. The second-order valence-corrected chi connectivity index (χ2v) is 11.0. The van der Waals surface area contributed by atoms with Gasteiger partial charge in [0.05, 0.1) is 35.5 Å². The zero-order valence-electron chi connectivity index (χ0n) is 20.0. The summed E-state index contributed by atoms with van der Waals surface area (Å²) in [7, 11) is -5.71. The summed E-state index contributed by atoms with van der Waals surface area (Å²) in [5, 5.41) is 0.152. The molecule has 0 radical (unpaired) electrons. The molecule has 38 heavy (non-hydrogen) atoms. The third kappa shape index (κ3) is 4.41. The minimum absolute atomic E-state index is 0.0596. The highest BCUT2D eigenvalue weighted by Gasteiger charge is 2.46. The standard InChI is InChI=1S/C25H22ClF3N4O4S/c1-2-19-31-22(13-7-8-13)23(24(30)34)33(19)11-16-14-9-10-37-12-17(14)21(26)20(16)15-5-3-4-6-18(15)32-38(35,36)25(27,28)29/h3-6,9-10,12-13,32H,2,7-8,11H2,1H3,(H2,30,34). The van der Waals surface area contributed by atoms with Crippen molar-refractivity contribution < 1.29 is 30.8 Å². The minimum atomic E-state index is -5.71. The molecule has 3 aliphatic rings. The summed E-state index contributed by atoms with van der Waals surface area (Å²) in [6.07, 6.45) is 5.10. The van der Waals surface area contributed by atoms with Crippen LogP contribution in [0, 0.1) is 0 Å². The van der Waals surface area contributed by atoms with E-state index in [1.165, 1.54) is 30.7 Å². The molecule has 2 aliphatic carbocycles. The second-order valence-electron chi connectivity index (χ2n) is 8.99. The Labute approximate surface area is 221 Å². The molecule has 2 aromatic rings. The number of carbonyl (C=O) groups excluding carboxylic acids is 1. The average molecular weight is 567 g/mol. The quantitative estimate of drug-likeness (QED) is 0.281. The van der Waals surface area contributed by atoms with Gasteiger partial charge in [-0.05, 0) is 36.1 Å². The smallest absolute Gasteiger partial charge is 0.472 e. The highest BCUT2D eigenvalue weighted by molar-refractivity contribution is 7.93. The molecule has 2 heterocycles. The normalized spacial score (nSPS) is 14.2. The predicted octanol–water partition coefficient (Wildman–Crippen LogP) is 5.75. The number of carbonyl (C=O) groups is 1. The van der Waals surface area contributed by atoms with Gasteiger partial charge < -0.3 is 14.7 Å². The Hall–Kier alpha value is -3.51. The maximum Gasteiger partial charge on any atom is 0.516 e. The summed E-state index contributed by atoms with van der Waals surface area (Å²) in [5.74, 6) is 0.111. The molecule has 8 nitrogen and oxygen atoms in total. The average Bonchev–Trinajstić information content (AvgIpc) is 3.58. The van der Waals surface area contributed by atoms with Crippen molar-refractivity contribution in [3.8, 4) is 22.3 Å². The molecule has 0 spiro atoms. The summed E-state index contributed by atoms with van der Waals surface area (Å²) >= 11 is 6.76. The molecule has 1 amide bonds. The number of hydrogen-bond acceptors (Lipinski definition) is 5. The van der Waals surface area contributed by atoms with Gasteiger partial charge in [-0.25, -0.2) is 4.98 Å². The number of nitrogens with two attached hydrogens (primary N) is 1. The number of nitrogens with one attached hydrogen (secondary N) is 1. The van der Waals surface area contributed by atoms with Gasteiger partial charge in [0, 0.05) is 29.0 Å². The first-order chi connectivity index (χ1) is 17.9. The Bertz CT molecular complexity index is 1620. The van der Waals surface area contributed by atoms with Gasteiger partial charge in [-0.15, -0.1) is 0 Å². The van der Waals surface area contributed by atoms with E-state index in [1.54, 1.807) is 21.4 Å². The van der Waals surface area contributed by atoms with Crippen LogP contribution in [0.4, 0.5) is 18.9 Å². The molecular formula is C25H22ClF3N4O4S. The number of fused-ring (bicyclic) bond motifs is 1. The van der Waals surface area contributed by atoms with Gasteiger partial charge >= 0.3 is 15.5 Å². The number of nitrogens with zero attached hydrogens (tertiary/aromatic N) is 2. The van der Waals surface area contributed by atoms with Crippen LogP contribution in [0.1, 0.15) is 53.3 Å². The molecule has 1 fully saturated rings. The van der Waals surface area contributed by atoms with Gasteiger partial charge in [-0.2, -0.15) is 21.6 Å². The number of anilines is 1. The van der Waals surface area contributed by atoms with E-state index in [1.807, 2.05) is 6.92 Å². The van der Waals surface area contributed by atoms with Crippen molar-refractivity contribution in [2.45, 2.75) is 44.2 Å². The highest BCUT2D eigenvalue weighted by atomic mass is 35.5. The largest absolute Gasteiger partial charge is 0.516 e. The third-order valence-corrected chi connectivity index (χ3v) is 8.01. The molecule has 0 unspecified atom stereocenters. The van der Waals surface area contributed by atoms with Gasteiger partial charge in [-0.3, -0.25) is 9.52 Å². The van der Waals surface area contributed by atoms with Crippen molar-refractivity contribution in [3.05, 3.63) is 70.7 Å². The Morgan fingerprint density at radius 2 is 1.92 bits per heavy atom. The van der Waals surface area contributed by atoms with E-state index in [0.717, 1.165) is 12.8 Å². The summed E-state index contributed by atoms with van der Waals surface area (Å²) in [6, 6.07) is 7.29. The van der Waals surface area contributed by atoms with Crippen LogP contribution in [0.2, 0.25) is 5.02 Å². The number of benzene rings is 1. The molecule has 1 aromatic carbocycles. The van der Waals surface area contributed by atoms with Gasteiger partial charge in [0.25, 0.3) is 5.91 Å². The number of primary amides is 1. The van der Waals surface area contributed by atoms with E-state index < -0.39 is 21.4 Å². The zero-order chi connectivity index (χ0) is 27.4. The molecular weight excluding hydrogens is 545 g/mol. The maximum absolute atomic E-state index is 13.2. The lowest BCUT2D eigenvalue weighted by Crippen LogP contribution is -2.30. The van der Waals surface area contributed by atoms with Crippen molar-refractivity contribution in [2.75, 3.05) is 4.72 Å². The minimum Gasteiger partial charge on any atom is -0.472 e. The van der Waals surface area contributed by atoms with Crippen LogP contribution in [0.15, 0.2) is 47.3 Å². The summed E-state index contributed by atoms with van der Waals surface area (Å²) in [6.45, 7) is 1.95. The van der Waals surface area contributed by atoms with Crippen LogP contribution >= 0.6 is 11.6 Å². The number of aromatic nitrogens is 2. The van der Waals surface area contributed by atoms with Gasteiger partial charge in [0.2, 0.25) is 0 Å². The number of aryl methyl sites for hydroxylation is 1. The first kappa shape index (κ1) is 26.1. The number of hydrogen-bond donors (Lipinski definition) is 2. The lowest BCUT2D eigenvalue weighted by Gasteiger charge is -2.17. The monoisotopic (exact) mass is 566 g/mol. The molecule has 1 aromatic heterocycles. The number of halogens is 4. The van der Waals surface area contributed by atoms with Gasteiger partial charge in [0.1, 0.15) is 11.5 Å². The van der Waals surface area contributed by atoms with E-state index in [2.05, 4.69) is 4.98 Å². The lowest BCUT2D eigenvalue weighted by atomic mass is 10.0. The van der Waals surface area contributed by atoms with Crippen molar-refractivity contribution in [1.82, 2.24) is 9.55 Å². The van der Waals surface area contributed by atoms with E-state index in [-0.39, 0.29) is 34.4 Å². The summed E-state index contributed by atoms with van der Waals surface area (Å²) in [4.78, 5) is 17.2. The van der Waals surface area contributed by atoms with Gasteiger partial charge in [-0.1, -0.05) is 36.7 Å². The number of rotatable bonds is 8. The molecule has 3 N–H and O–H groups in total. The molecule has 0 bridgehead atoms. The number of amides is 1. The van der Waals surface area contributed by atoms with Crippen LogP contribution in [0.25, 0.3) is 22.3 Å². The molecule has 1 saturated carbocycles. The van der Waals surface area contributed by atoms with Crippen LogP contribution in [-0.2, 0) is 23.0 Å². The van der Waals surface area contributed by atoms with E-state index in [9.17, 15) is 26.4 Å². The Kier molecular flexibility index (Phi) is 6.42. The molecule has 0 atom stereocenters. The lowest BCUT2D eigenvalue weighted by molar-refractivity contribution is -0.0429. The Morgan fingerprint density at radius 1 is 1.21 bits per heavy atom. The fourth-order valence-electron chi connectivity index (χ4n) is 4.66. The second kappa shape index (κ2) is 9.35. The van der Waals surface area contributed by atoms with E-state index >= 15 is 0 Å². The topological polar surface area (TPSA) is 120 Å². The van der Waals surface area contributed by atoms with Crippen LogP contribution in [-0.4, -0.2) is 29.4 Å². The number of imidazole rings is 1. The summed E-state index contributed by atoms with van der Waals surface area (Å²) < 4.78 is 72.2. The van der Waals surface area contributed by atoms with E-state index in [4.69, 9.17) is 21.8 Å². The van der Waals surface area contributed by atoms with Crippen LogP contribution in [0.3, 0.4) is 0 Å². The third-order valence-electron chi connectivity index (χ3n) is 6.52. The Balaban J connectivity index is 1.73. The van der Waals surface area contributed by atoms with Crippen molar-refractivity contribution in [2.24, 2.45) is 5.73 Å². The fourth-order valence-corrected chi connectivity index (χ4v) is 5.60. The zero-order valence-corrected chi connectivity index (χ0v) is 21.5. The molecule has 5 rings (SSSR count). The number of para-hydroxylation sites is 1. The first-order valence-corrected chi connectivity index (χ1v) is 13.5. The van der Waals surface area contributed by atoms with Crippen LogP contribution < -0.4 is 10.5 Å². The predicted molar refractivity (Wildman–Crippen MR) is 136 cm³/mol. The van der Waals surface area contributed by atoms with Gasteiger partial charge in [0.15, 0.2) is 0 Å². The molecule has 0 saturated heterocycles. The summed E-state index contributed by atoms with van der Waals surface area (Å²) in [5.41, 5.74) is 2.89. The molecule has 13 heteroatoms. The highest BCUT2D eigenvalue weighted by Crippen LogP contribution is 2.49. The number of sulfonamides is 1. The van der Waals surface area contributed by atoms with Crippen molar-refractivity contribution >= 4 is 33.2 Å². The number of alkyl halides is 3. The maximum atomic E-state index is 13.2. The van der Waals surface area contributed by atoms with Crippen molar-refractivity contribution in [1.29, 1.82) is 0 Å². The first-order valence-electron chi connectivity index (χ1n) is 11.7. The Morgan fingerprint density at radius 3 is 2.55 bits per heavy atom. The molecule has 1 aliphatic heterocycles. The van der Waals surface area contributed by atoms with Crippen LogP contribution in [0.5, 0.6) is 0 Å². The van der Waals surface area contributed by atoms with Crippen molar-refractivity contribution in [3.63, 3.8) is 0 Å².